The van der Waals surface area contributed by atoms with Gasteiger partial charge in [0.05, 0.1) is 45.7 Å². The van der Waals surface area contributed by atoms with Crippen molar-refractivity contribution in [1.29, 1.82) is 0 Å². The number of nitrogen functional groups attached to an aromatic ring is 4. The number of benzene rings is 8. The predicted molar refractivity (Wildman–Crippen MR) is 523 cm³/mol. The second-order valence-corrected chi connectivity index (χ2v) is 34.9. The van der Waals surface area contributed by atoms with Crippen LogP contribution in [0.15, 0.2) is 280 Å². The fraction of sp³-hybridized carbons (Fsp3) is 0.225. The fourth-order valence-corrected chi connectivity index (χ4v) is 18.5. The number of nitrogens with two attached hydrogens (primary N) is 4. The molecular formula is C102H100N24O9S. The highest BCUT2D eigenvalue weighted by molar-refractivity contribution is 7.92. The van der Waals surface area contributed by atoms with Crippen LogP contribution in [0.5, 0.6) is 46.0 Å². The van der Waals surface area contributed by atoms with E-state index < -0.39 is 10.0 Å². The molecule has 2 saturated carbocycles. The summed E-state index contributed by atoms with van der Waals surface area (Å²) < 4.78 is 57.4. The number of sulfonamides is 1. The minimum absolute atomic E-state index is 0.00851. The van der Waals surface area contributed by atoms with E-state index in [0.717, 1.165) is 184 Å². The van der Waals surface area contributed by atoms with Gasteiger partial charge in [0.2, 0.25) is 21.8 Å². The number of carbonyl (C=O) groups excluding carboxylic acids is 3. The van der Waals surface area contributed by atoms with Crippen LogP contribution in [0.4, 0.5) is 23.3 Å². The lowest BCUT2D eigenvalue weighted by Crippen LogP contribution is -2.40. The maximum Gasteiger partial charge on any atom is 0.295 e. The van der Waals surface area contributed by atoms with Crippen molar-refractivity contribution < 1.29 is 41.7 Å². The number of likely N-dealkylation sites (tertiary alicyclic amines) is 1. The molecule has 10 heterocycles. The van der Waals surface area contributed by atoms with E-state index >= 15 is 0 Å². The summed E-state index contributed by atoms with van der Waals surface area (Å²) >= 11 is 0. The summed E-state index contributed by atoms with van der Waals surface area (Å²) in [5.41, 5.74) is 34.1. The normalized spacial score (nSPS) is 17.2. The first-order valence-corrected chi connectivity index (χ1v) is 46.4. The highest BCUT2D eigenvalue weighted by Crippen LogP contribution is 2.43. The van der Waals surface area contributed by atoms with Crippen LogP contribution in [0.1, 0.15) is 108 Å². The number of allylic oxidation sites excluding steroid dienone is 1. The lowest BCUT2D eigenvalue weighted by Gasteiger charge is -2.32. The van der Waals surface area contributed by atoms with Crippen LogP contribution in [0, 0.1) is 12.3 Å². The van der Waals surface area contributed by atoms with Gasteiger partial charge >= 0.3 is 0 Å². The molecule has 34 heteroatoms. The number of anilines is 4. The number of aromatic nitrogens is 16. The zero-order valence-corrected chi connectivity index (χ0v) is 75.4. The molecule has 8 aromatic carbocycles. The molecule has 2 aliphatic heterocycles. The van der Waals surface area contributed by atoms with Gasteiger partial charge < -0.3 is 57.4 Å². The Hall–Kier alpha value is -16.5. The third-order valence-electron chi connectivity index (χ3n) is 24.2. The number of para-hydroxylation sites is 4. The molecule has 16 aromatic rings. The van der Waals surface area contributed by atoms with Gasteiger partial charge in [-0.1, -0.05) is 92.0 Å². The van der Waals surface area contributed by atoms with E-state index in [9.17, 15) is 22.8 Å². The molecule has 3 amide bonds. The molecule has 688 valence electrons. The van der Waals surface area contributed by atoms with Gasteiger partial charge in [0, 0.05) is 65.9 Å². The minimum atomic E-state index is -3.51. The van der Waals surface area contributed by atoms with Gasteiger partial charge in [0.25, 0.3) is 5.91 Å². The maximum atomic E-state index is 12.4. The van der Waals surface area contributed by atoms with Gasteiger partial charge in [-0.2, -0.15) is 24.7 Å². The van der Waals surface area contributed by atoms with Crippen molar-refractivity contribution in [1.82, 2.24) is 98.8 Å². The predicted octanol–water partition coefficient (Wildman–Crippen LogP) is 17.3. The van der Waals surface area contributed by atoms with Crippen LogP contribution in [0.3, 0.4) is 0 Å². The molecule has 2 atom stereocenters. The Morgan fingerprint density at radius 2 is 0.699 bits per heavy atom. The van der Waals surface area contributed by atoms with Crippen LogP contribution in [-0.4, -0.2) is 153 Å². The van der Waals surface area contributed by atoms with Crippen molar-refractivity contribution in [2.75, 3.05) is 49.1 Å². The third kappa shape index (κ3) is 21.0. The van der Waals surface area contributed by atoms with Crippen molar-refractivity contribution in [3.8, 4) is 103 Å². The first-order chi connectivity index (χ1) is 66.3. The van der Waals surface area contributed by atoms with Crippen molar-refractivity contribution in [2.24, 2.45) is 0 Å². The summed E-state index contributed by atoms with van der Waals surface area (Å²) in [5, 5.41) is 29.4. The van der Waals surface area contributed by atoms with Crippen LogP contribution >= 0.6 is 0 Å². The molecule has 8 aromatic heterocycles. The summed E-state index contributed by atoms with van der Waals surface area (Å²) in [6.45, 7) is 10.9. The largest absolute Gasteiger partial charge is 0.457 e. The van der Waals surface area contributed by atoms with E-state index in [1.165, 1.54) is 35.7 Å². The van der Waals surface area contributed by atoms with Gasteiger partial charge in [-0.05, 0) is 248 Å². The number of ether oxygens (including phenoxy) is 4. The standard InChI is InChI=1S/2C26H26N6O2.C26H24N6O2.C24H24N6O3S/c1-2-7-22(33)31-15-6-8-19(16-31)32-26-23(25(27)28-17-29-26)24(30-32)18-11-13-21(14-12-18)34-20-9-4-3-5-10-20;2*1-2-22(33)30-18-10-12-19(13-11-18)32-26-23(25(27)28-16-29-26)24(31-32)17-8-14-21(15-9-17)34-20-6-4-3-5-7-20;1-2-34(31,32)29-14-6-7-18(15-29)30-24-21(23(25)26-16-27-24)22(28-30)17-10-12-20(13-11-17)33-19-8-4-3-5-9-19/h2-5,7,9-14,17,19H,6,8,15-16H2,1H3,(H2,27,28,29);2-9,14-16,18-19H,1,10-13H2,(H,30,33)(H2,27,28,29);1,3-9,14-16,18-19H,10-13H2,(H,30,33)(H2,27,28,29);2-5,8-13,16,18H,1,6-7,14-15H2,(H2,25,26,27)/b7-2+;;;. The molecule has 4 fully saturated rings. The molecule has 33 nitrogen and oxygen atoms in total. The number of amides is 3. The molecule has 2 aliphatic carbocycles. The Kier molecular flexibility index (Phi) is 28.2. The van der Waals surface area contributed by atoms with Crippen molar-refractivity contribution in [2.45, 2.75) is 120 Å². The molecule has 2 unspecified atom stereocenters. The number of nitrogens with zero attached hydrogens (tertiary/aromatic N) is 18. The Balaban J connectivity index is 0.000000126. The molecule has 0 spiro atoms. The summed E-state index contributed by atoms with van der Waals surface area (Å²) in [6.07, 6.45) is 25.8. The monoisotopic (exact) mass is 1840 g/mol. The first-order valence-electron chi connectivity index (χ1n) is 44.9. The zero-order valence-electron chi connectivity index (χ0n) is 74.6. The van der Waals surface area contributed by atoms with E-state index in [4.69, 9.17) is 68.7 Å². The highest BCUT2D eigenvalue weighted by Gasteiger charge is 2.35. The number of hydrogen-bond donors (Lipinski definition) is 6. The molecule has 136 heavy (non-hydrogen) atoms. The van der Waals surface area contributed by atoms with Gasteiger partial charge in [-0.25, -0.2) is 67.0 Å². The molecule has 20 rings (SSSR count). The molecule has 2 saturated heterocycles. The Morgan fingerprint density at radius 1 is 0.397 bits per heavy atom. The first kappa shape index (κ1) is 91.4. The topological polar surface area (TPSA) is 431 Å². The Labute approximate surface area is 784 Å². The summed E-state index contributed by atoms with van der Waals surface area (Å²) in [7, 11) is -3.51. The van der Waals surface area contributed by atoms with Crippen molar-refractivity contribution in [3.63, 3.8) is 0 Å². The number of hydrogen-bond acceptors (Lipinski definition) is 25. The summed E-state index contributed by atoms with van der Waals surface area (Å²) in [6, 6.07) is 69.6. The second kappa shape index (κ2) is 41.9. The minimum Gasteiger partial charge on any atom is -0.457 e. The van der Waals surface area contributed by atoms with Gasteiger partial charge in [-0.3, -0.25) is 14.4 Å². The van der Waals surface area contributed by atoms with Crippen LogP contribution < -0.4 is 52.5 Å². The average Bonchev–Trinajstić information content (AvgIpc) is 1.62. The van der Waals surface area contributed by atoms with Gasteiger partial charge in [0.15, 0.2) is 22.6 Å². The van der Waals surface area contributed by atoms with Crippen molar-refractivity contribution >= 4 is 95.1 Å². The average molecular weight is 1840 g/mol. The highest BCUT2D eigenvalue weighted by atomic mass is 32.2. The Morgan fingerprint density at radius 3 is 1.01 bits per heavy atom. The lowest BCUT2D eigenvalue weighted by molar-refractivity contribution is -0.127. The molecule has 4 aliphatic rings. The second-order valence-electron chi connectivity index (χ2n) is 33.0. The lowest BCUT2D eigenvalue weighted by atomic mass is 9.91. The van der Waals surface area contributed by atoms with Gasteiger partial charge in [0.1, 0.15) is 117 Å². The van der Waals surface area contributed by atoms with E-state index in [1.54, 1.807) is 16.8 Å². The molecule has 0 radical (unpaired) electrons. The van der Waals surface area contributed by atoms with Crippen LogP contribution in [0.2, 0.25) is 0 Å². The Bertz CT molecular complexity index is 7130. The number of rotatable bonds is 22. The smallest absolute Gasteiger partial charge is 0.295 e. The number of piperidine rings is 2. The molecule has 0 bridgehead atoms. The van der Waals surface area contributed by atoms with Crippen molar-refractivity contribution in [3.05, 3.63) is 280 Å². The van der Waals surface area contributed by atoms with Crippen LogP contribution in [0.25, 0.3) is 89.2 Å². The SMILES string of the molecule is C#CC(=O)NC1CCC(n2nc(-c3ccc(Oc4ccccc4)cc3)c3c(N)ncnc32)CC1.C/C=C/C(=O)N1CCCC(n2nc(-c3ccc(Oc4ccccc4)cc3)c3c(N)ncnc32)C1.C=CC(=O)NC1CCC(n2nc(-c3ccc(Oc4ccccc4)cc3)c3c(N)ncnc32)CC1.C=CS(=O)(=O)N1CCCC(n2nc(-c3ccc(Oc4ccccc4)cc3)c3c(N)ncnc32)C1. The summed E-state index contributed by atoms with van der Waals surface area (Å²) in [4.78, 5) is 72.2. The number of nitrogens with one attached hydrogen (secondary N) is 2. The fourth-order valence-electron chi connectivity index (χ4n) is 17.5. The summed E-state index contributed by atoms with van der Waals surface area (Å²) in [5.74, 6) is 9.12. The quantitative estimate of drug-likeness (QED) is 0.0271. The number of terminal acetylenes is 1. The molecular weight excluding hydrogens is 1740 g/mol. The van der Waals surface area contributed by atoms with Gasteiger partial charge in [-0.15, -0.1) is 6.42 Å². The maximum absolute atomic E-state index is 12.4. The van der Waals surface area contributed by atoms with Crippen LogP contribution in [-0.2, 0) is 24.4 Å². The van der Waals surface area contributed by atoms with E-state index in [1.807, 2.05) is 244 Å². The third-order valence-corrected chi connectivity index (χ3v) is 25.7. The van der Waals surface area contributed by atoms with E-state index in [2.05, 4.69) is 69.6 Å². The zero-order chi connectivity index (χ0) is 94.2. The molecule has 10 N–H and O–H groups in total. The van der Waals surface area contributed by atoms with E-state index in [0.29, 0.717) is 83.1 Å². The van der Waals surface area contributed by atoms with E-state index in [-0.39, 0.29) is 54.0 Å². The number of fused-ring (bicyclic) bond motifs is 4. The number of carbonyl (C=O) groups is 3.